The maximum absolute atomic E-state index is 15.1. The fourth-order valence-electron chi connectivity index (χ4n) is 4.61. The highest BCUT2D eigenvalue weighted by Gasteiger charge is 2.39. The highest BCUT2D eigenvalue weighted by atomic mass is 19.4. The molecule has 2 fully saturated rings. The van der Waals surface area contributed by atoms with Gasteiger partial charge in [0.2, 0.25) is 17.7 Å². The summed E-state index contributed by atoms with van der Waals surface area (Å²) in [7, 11) is 0. The van der Waals surface area contributed by atoms with Crippen molar-refractivity contribution < 1.29 is 36.3 Å². The number of amides is 2. The van der Waals surface area contributed by atoms with Gasteiger partial charge < -0.3 is 19.4 Å². The van der Waals surface area contributed by atoms with Gasteiger partial charge in [-0.2, -0.15) is 5.26 Å². The number of piperidine rings is 1. The maximum atomic E-state index is 15.1. The molecule has 10 nitrogen and oxygen atoms in total. The first kappa shape index (κ1) is 26.0. The average Bonchev–Trinajstić information content (AvgIpc) is 3.35. The van der Waals surface area contributed by atoms with Gasteiger partial charge in [-0.15, -0.1) is 18.3 Å². The van der Waals surface area contributed by atoms with Gasteiger partial charge in [0.15, 0.2) is 0 Å². The number of anilines is 2. The van der Waals surface area contributed by atoms with E-state index < -0.39 is 29.9 Å². The fraction of sp³-hybridized carbons (Fsp3) is 0.320. The highest BCUT2D eigenvalue weighted by Crippen LogP contribution is 2.36. The molecule has 3 heterocycles. The van der Waals surface area contributed by atoms with Crippen LogP contribution >= 0.6 is 0 Å². The van der Waals surface area contributed by atoms with E-state index in [1.165, 1.54) is 24.3 Å². The van der Waals surface area contributed by atoms with Crippen molar-refractivity contribution in [2.75, 3.05) is 16.8 Å². The first-order chi connectivity index (χ1) is 18.5. The summed E-state index contributed by atoms with van der Waals surface area (Å²) in [6, 6.07) is 9.25. The zero-order valence-corrected chi connectivity index (χ0v) is 20.3. The normalized spacial score (nSPS) is 21.1. The second-order valence-corrected chi connectivity index (χ2v) is 9.13. The van der Waals surface area contributed by atoms with E-state index in [0.29, 0.717) is 17.8 Å². The lowest BCUT2D eigenvalue weighted by molar-refractivity contribution is -0.274. The number of alkyl halides is 3. The van der Waals surface area contributed by atoms with Gasteiger partial charge in [-0.1, -0.05) is 5.10 Å². The molecule has 0 spiro atoms. The Morgan fingerprint density at radius 3 is 2.59 bits per heavy atom. The van der Waals surface area contributed by atoms with Gasteiger partial charge in [0.05, 0.1) is 23.2 Å². The zero-order valence-electron chi connectivity index (χ0n) is 20.3. The van der Waals surface area contributed by atoms with Crippen LogP contribution in [0, 0.1) is 17.1 Å². The molecular weight excluding hydrogens is 524 g/mol. The van der Waals surface area contributed by atoms with E-state index in [9.17, 15) is 28.0 Å². The number of carbonyl (C=O) groups is 2. The molecule has 39 heavy (non-hydrogen) atoms. The van der Waals surface area contributed by atoms with Crippen LogP contribution in [0.3, 0.4) is 0 Å². The van der Waals surface area contributed by atoms with Gasteiger partial charge in [0.25, 0.3) is 0 Å². The third kappa shape index (κ3) is 5.33. The van der Waals surface area contributed by atoms with Crippen LogP contribution in [-0.2, 0) is 9.59 Å². The summed E-state index contributed by atoms with van der Waals surface area (Å²) < 4.78 is 61.5. The molecule has 5 rings (SSSR count). The molecule has 202 valence electrons. The molecule has 2 aliphatic heterocycles. The number of imide groups is 1. The van der Waals surface area contributed by atoms with Gasteiger partial charge in [-0.3, -0.25) is 14.9 Å². The van der Waals surface area contributed by atoms with Crippen molar-refractivity contribution in [1.82, 2.24) is 15.5 Å². The minimum absolute atomic E-state index is 0.0690. The molecule has 0 radical (unpaired) electrons. The molecule has 1 aromatic heterocycles. The number of halogens is 4. The summed E-state index contributed by atoms with van der Waals surface area (Å²) >= 11 is 0. The molecule has 2 saturated heterocycles. The summed E-state index contributed by atoms with van der Waals surface area (Å²) in [5.41, 5.74) is 1.02. The van der Waals surface area contributed by atoms with Crippen LogP contribution in [-0.4, -0.2) is 47.0 Å². The van der Waals surface area contributed by atoms with Crippen LogP contribution < -0.4 is 20.3 Å². The second-order valence-electron chi connectivity index (χ2n) is 9.13. The van der Waals surface area contributed by atoms with Gasteiger partial charge in [0, 0.05) is 30.1 Å². The smallest absolute Gasteiger partial charge is 0.406 e. The number of nitrogens with zero attached hydrogens (tertiary/aromatic N) is 4. The van der Waals surface area contributed by atoms with Crippen LogP contribution in [0.15, 0.2) is 40.8 Å². The Balaban J connectivity index is 1.25. The van der Waals surface area contributed by atoms with Crippen molar-refractivity contribution in [3.05, 3.63) is 53.3 Å². The summed E-state index contributed by atoms with van der Waals surface area (Å²) in [5, 5.41) is 22.8. The standard InChI is InChI=1S/C25H20F4N6O4/c1-12-19(31-24-34-33-23(38-24)13-2-4-15(5-3-13)39-25(27,28)29)11-35(12)20-9-18(26)17(8-14(20)10-30)16-6-7-21(36)32-22(16)37/h2-5,8-9,12,16,19H,6-7,11H2,1H3,(H,31,34)(H,32,36,37)/t12-,16?,19+/m1/s1. The third-order valence-corrected chi connectivity index (χ3v) is 6.70. The average molecular weight is 544 g/mol. The number of aromatic nitrogens is 2. The molecule has 2 aromatic carbocycles. The molecule has 2 N–H and O–H groups in total. The largest absolute Gasteiger partial charge is 0.573 e. The molecule has 3 aromatic rings. The number of rotatable bonds is 6. The number of nitrogens with one attached hydrogen (secondary N) is 2. The fourth-order valence-corrected chi connectivity index (χ4v) is 4.61. The Bertz CT molecular complexity index is 1470. The summed E-state index contributed by atoms with van der Waals surface area (Å²) in [6.45, 7) is 2.22. The number of hydrogen-bond acceptors (Lipinski definition) is 9. The van der Waals surface area contributed by atoms with Crippen LogP contribution in [0.2, 0.25) is 0 Å². The number of nitriles is 1. The van der Waals surface area contributed by atoms with E-state index >= 15 is 4.39 Å². The first-order valence-electron chi connectivity index (χ1n) is 11.8. The molecule has 0 bridgehead atoms. The first-order valence-corrected chi connectivity index (χ1v) is 11.8. The lowest BCUT2D eigenvalue weighted by Gasteiger charge is -2.48. The minimum Gasteiger partial charge on any atom is -0.406 e. The van der Waals surface area contributed by atoms with Crippen LogP contribution in [0.1, 0.15) is 36.8 Å². The minimum atomic E-state index is -4.80. The highest BCUT2D eigenvalue weighted by molar-refractivity contribution is 6.01. The third-order valence-electron chi connectivity index (χ3n) is 6.70. The Kier molecular flexibility index (Phi) is 6.59. The zero-order chi connectivity index (χ0) is 27.9. The maximum Gasteiger partial charge on any atom is 0.573 e. The number of benzene rings is 2. The Hall–Kier alpha value is -4.67. The number of hydrogen-bond donors (Lipinski definition) is 2. The van der Waals surface area contributed by atoms with E-state index in [-0.39, 0.29) is 53.7 Å². The van der Waals surface area contributed by atoms with Crippen molar-refractivity contribution in [2.45, 2.75) is 44.1 Å². The molecule has 3 atom stereocenters. The van der Waals surface area contributed by atoms with Crippen molar-refractivity contribution in [1.29, 1.82) is 5.26 Å². The van der Waals surface area contributed by atoms with Crippen LogP contribution in [0.25, 0.3) is 11.5 Å². The molecular formula is C25H20F4N6O4. The van der Waals surface area contributed by atoms with Crippen molar-refractivity contribution in [3.63, 3.8) is 0 Å². The van der Waals surface area contributed by atoms with Gasteiger partial charge in [-0.05, 0) is 49.7 Å². The lowest BCUT2D eigenvalue weighted by Crippen LogP contribution is -2.62. The van der Waals surface area contributed by atoms with Crippen molar-refractivity contribution in [3.8, 4) is 23.3 Å². The quantitative estimate of drug-likeness (QED) is 0.351. The monoisotopic (exact) mass is 544 g/mol. The van der Waals surface area contributed by atoms with Gasteiger partial charge in [0.1, 0.15) is 17.6 Å². The van der Waals surface area contributed by atoms with Crippen molar-refractivity contribution in [2.24, 2.45) is 0 Å². The van der Waals surface area contributed by atoms with E-state index in [4.69, 9.17) is 4.42 Å². The Labute approximate surface area is 218 Å². The Morgan fingerprint density at radius 2 is 1.95 bits per heavy atom. The number of carbonyl (C=O) groups excluding carboxylic acids is 2. The summed E-state index contributed by atoms with van der Waals surface area (Å²) in [5.74, 6) is -2.80. The van der Waals surface area contributed by atoms with E-state index in [0.717, 1.165) is 12.1 Å². The van der Waals surface area contributed by atoms with Gasteiger partial charge in [-0.25, -0.2) is 4.39 Å². The predicted molar refractivity (Wildman–Crippen MR) is 127 cm³/mol. The molecule has 1 unspecified atom stereocenters. The van der Waals surface area contributed by atoms with Gasteiger partial charge >= 0.3 is 12.4 Å². The van der Waals surface area contributed by atoms with Crippen LogP contribution in [0.5, 0.6) is 5.75 Å². The molecule has 0 saturated carbocycles. The Morgan fingerprint density at radius 1 is 1.21 bits per heavy atom. The molecule has 2 amide bonds. The van der Waals surface area contributed by atoms with E-state index in [1.807, 2.05) is 11.8 Å². The SMILES string of the molecule is C[C@@H]1[C@@H](Nc2nnc(-c3ccc(OC(F)(F)F)cc3)o2)CN1c1cc(F)c(C2CCC(=O)NC2=O)cc1C#N. The molecule has 2 aliphatic rings. The van der Waals surface area contributed by atoms with E-state index in [2.05, 4.69) is 31.6 Å². The van der Waals surface area contributed by atoms with Crippen molar-refractivity contribution >= 4 is 23.5 Å². The molecule has 0 aliphatic carbocycles. The predicted octanol–water partition coefficient (Wildman–Crippen LogP) is 3.86. The number of ether oxygens (including phenoxy) is 1. The topological polar surface area (TPSA) is 133 Å². The second kappa shape index (κ2) is 9.90. The van der Waals surface area contributed by atoms with Crippen LogP contribution in [0.4, 0.5) is 29.3 Å². The lowest BCUT2D eigenvalue weighted by atomic mass is 9.88. The molecule has 14 heteroatoms. The summed E-state index contributed by atoms with van der Waals surface area (Å²) in [6.07, 6.45) is -4.55. The summed E-state index contributed by atoms with van der Waals surface area (Å²) in [4.78, 5) is 25.4. The van der Waals surface area contributed by atoms with E-state index in [1.54, 1.807) is 0 Å².